The Labute approximate surface area is 87.9 Å². The van der Waals surface area contributed by atoms with Crippen LogP contribution in [0.5, 0.6) is 5.75 Å². The van der Waals surface area contributed by atoms with Crippen LogP contribution in [0.25, 0.3) is 11.0 Å². The number of hydrogen-bond donors (Lipinski definition) is 1. The molecule has 0 aliphatic carbocycles. The molecule has 0 amide bonds. The van der Waals surface area contributed by atoms with Crippen LogP contribution in [0.4, 0.5) is 19.0 Å². The Morgan fingerprint density at radius 3 is 2.69 bits per heavy atom. The lowest BCUT2D eigenvalue weighted by atomic mass is 10.3. The van der Waals surface area contributed by atoms with Gasteiger partial charge in [0.05, 0.1) is 11.7 Å². The third kappa shape index (κ3) is 2.13. The molecule has 7 heteroatoms. The molecule has 0 aliphatic heterocycles. The first-order valence-corrected chi connectivity index (χ1v) is 4.23. The molecule has 0 atom stereocenters. The monoisotopic (exact) mass is 229 g/mol. The van der Waals surface area contributed by atoms with Crippen molar-refractivity contribution in [2.24, 2.45) is 0 Å². The van der Waals surface area contributed by atoms with Gasteiger partial charge in [0.2, 0.25) is 0 Å². The molecule has 1 aromatic heterocycles. The first-order valence-electron chi connectivity index (χ1n) is 4.23. The third-order valence-electron chi connectivity index (χ3n) is 1.78. The molecule has 0 unspecified atom stereocenters. The summed E-state index contributed by atoms with van der Waals surface area (Å²) in [4.78, 5) is 7.59. The van der Waals surface area contributed by atoms with Gasteiger partial charge in [-0.05, 0) is 12.1 Å². The first-order chi connectivity index (χ1) is 7.46. The highest BCUT2D eigenvalue weighted by molar-refractivity contribution is 5.81. The number of nitrogens with two attached hydrogens (primary N) is 1. The average Bonchev–Trinajstić information content (AvgIpc) is 2.17. The van der Waals surface area contributed by atoms with E-state index in [0.29, 0.717) is 0 Å². The van der Waals surface area contributed by atoms with E-state index in [2.05, 4.69) is 14.7 Å². The largest absolute Gasteiger partial charge is 0.573 e. The number of hydrogen-bond acceptors (Lipinski definition) is 4. The Hall–Kier alpha value is -2.05. The number of ether oxygens (including phenoxy) is 1. The summed E-state index contributed by atoms with van der Waals surface area (Å²) in [6, 6.07) is 4.07. The molecule has 2 rings (SSSR count). The van der Waals surface area contributed by atoms with Gasteiger partial charge in [-0.15, -0.1) is 13.2 Å². The van der Waals surface area contributed by atoms with E-state index in [9.17, 15) is 13.2 Å². The number of nitrogens with zero attached hydrogens (tertiary/aromatic N) is 2. The Kier molecular flexibility index (Phi) is 2.30. The zero-order chi connectivity index (χ0) is 11.8. The van der Waals surface area contributed by atoms with Gasteiger partial charge in [-0.2, -0.15) is 0 Å². The summed E-state index contributed by atoms with van der Waals surface area (Å²) in [5.74, 6) is -0.379. The van der Waals surface area contributed by atoms with Crippen molar-refractivity contribution in [1.82, 2.24) is 9.97 Å². The van der Waals surface area contributed by atoms with Crippen molar-refractivity contribution in [2.45, 2.75) is 6.36 Å². The second-order valence-corrected chi connectivity index (χ2v) is 2.97. The molecule has 0 saturated heterocycles. The van der Waals surface area contributed by atoms with Crippen LogP contribution in [0.3, 0.4) is 0 Å². The average molecular weight is 229 g/mol. The molecule has 2 aromatic rings. The molecular weight excluding hydrogens is 223 g/mol. The SMILES string of the molecule is Nc1cnc2cccc(OC(F)(F)F)c2n1. The van der Waals surface area contributed by atoms with Crippen molar-refractivity contribution >= 4 is 16.9 Å². The number of halogens is 3. The van der Waals surface area contributed by atoms with Crippen molar-refractivity contribution in [3.63, 3.8) is 0 Å². The quantitative estimate of drug-likeness (QED) is 0.813. The highest BCUT2D eigenvalue weighted by Gasteiger charge is 2.32. The lowest BCUT2D eigenvalue weighted by Gasteiger charge is -2.10. The summed E-state index contributed by atoms with van der Waals surface area (Å²) in [6.07, 6.45) is -3.50. The van der Waals surface area contributed by atoms with Crippen LogP contribution in [0, 0.1) is 0 Å². The van der Waals surface area contributed by atoms with Crippen LogP contribution in [-0.4, -0.2) is 16.3 Å². The predicted molar refractivity (Wildman–Crippen MR) is 50.6 cm³/mol. The first kappa shape index (κ1) is 10.5. The molecule has 0 bridgehead atoms. The maximum absolute atomic E-state index is 12.1. The zero-order valence-electron chi connectivity index (χ0n) is 7.82. The molecule has 2 N–H and O–H groups in total. The van der Waals surface area contributed by atoms with Crippen molar-refractivity contribution < 1.29 is 17.9 Å². The number of rotatable bonds is 1. The summed E-state index contributed by atoms with van der Waals surface area (Å²) in [7, 11) is 0. The highest BCUT2D eigenvalue weighted by atomic mass is 19.4. The minimum Gasteiger partial charge on any atom is -0.403 e. The van der Waals surface area contributed by atoms with Crippen molar-refractivity contribution in [2.75, 3.05) is 5.73 Å². The van der Waals surface area contributed by atoms with E-state index >= 15 is 0 Å². The second kappa shape index (κ2) is 3.51. The van der Waals surface area contributed by atoms with Gasteiger partial charge in [0.1, 0.15) is 11.3 Å². The second-order valence-electron chi connectivity index (χ2n) is 2.97. The molecule has 0 fully saturated rings. The summed E-state index contributed by atoms with van der Waals surface area (Å²) in [5.41, 5.74) is 5.62. The standard InChI is InChI=1S/C9H6F3N3O/c10-9(11,12)16-6-3-1-2-5-8(6)15-7(13)4-14-5/h1-4H,(H2,13,15). The third-order valence-corrected chi connectivity index (χ3v) is 1.78. The van der Waals surface area contributed by atoms with Crippen LogP contribution in [0.1, 0.15) is 0 Å². The number of anilines is 1. The molecule has 84 valence electrons. The molecule has 0 aliphatic rings. The lowest BCUT2D eigenvalue weighted by molar-refractivity contribution is -0.274. The molecule has 0 spiro atoms. The van der Waals surface area contributed by atoms with Crippen LogP contribution in [0.15, 0.2) is 24.4 Å². The van der Waals surface area contributed by atoms with Gasteiger partial charge in [0, 0.05) is 0 Å². The minimum atomic E-state index is -4.76. The number of alkyl halides is 3. The van der Waals surface area contributed by atoms with E-state index in [1.807, 2.05) is 0 Å². The fourth-order valence-electron chi connectivity index (χ4n) is 1.23. The predicted octanol–water partition coefficient (Wildman–Crippen LogP) is 2.11. The minimum absolute atomic E-state index is 0.0141. The normalized spacial score (nSPS) is 11.7. The number of benzene rings is 1. The molecular formula is C9H6F3N3O. The van der Waals surface area contributed by atoms with Crippen LogP contribution in [0.2, 0.25) is 0 Å². The smallest absolute Gasteiger partial charge is 0.403 e. The lowest BCUT2D eigenvalue weighted by Crippen LogP contribution is -2.17. The van der Waals surface area contributed by atoms with E-state index in [1.165, 1.54) is 18.3 Å². The van der Waals surface area contributed by atoms with Gasteiger partial charge < -0.3 is 10.5 Å². The van der Waals surface area contributed by atoms with Crippen molar-refractivity contribution in [3.05, 3.63) is 24.4 Å². The van der Waals surface area contributed by atoms with E-state index in [1.54, 1.807) is 0 Å². The molecule has 16 heavy (non-hydrogen) atoms. The number of aromatic nitrogens is 2. The molecule has 1 heterocycles. The van der Waals surface area contributed by atoms with Gasteiger partial charge in [-0.1, -0.05) is 6.07 Å². The summed E-state index contributed by atoms with van der Waals surface area (Å²) >= 11 is 0. The van der Waals surface area contributed by atoms with Crippen molar-refractivity contribution in [1.29, 1.82) is 0 Å². The maximum atomic E-state index is 12.1. The Bertz CT molecular complexity index is 527. The van der Waals surface area contributed by atoms with Gasteiger partial charge >= 0.3 is 6.36 Å². The van der Waals surface area contributed by atoms with Gasteiger partial charge in [0.25, 0.3) is 0 Å². The summed E-state index contributed by atoms with van der Waals surface area (Å²) in [5, 5.41) is 0. The Balaban J connectivity index is 2.56. The van der Waals surface area contributed by atoms with Gasteiger partial charge in [-0.25, -0.2) is 4.98 Å². The van der Waals surface area contributed by atoms with Crippen LogP contribution >= 0.6 is 0 Å². The summed E-state index contributed by atoms with van der Waals surface area (Å²) < 4.78 is 40.0. The molecule has 0 saturated carbocycles. The van der Waals surface area contributed by atoms with E-state index in [4.69, 9.17) is 5.73 Å². The van der Waals surface area contributed by atoms with E-state index in [0.717, 1.165) is 6.07 Å². The molecule has 4 nitrogen and oxygen atoms in total. The molecule has 1 aromatic carbocycles. The van der Waals surface area contributed by atoms with E-state index in [-0.39, 0.29) is 16.9 Å². The van der Waals surface area contributed by atoms with Crippen molar-refractivity contribution in [3.8, 4) is 5.75 Å². The fourth-order valence-corrected chi connectivity index (χ4v) is 1.23. The topological polar surface area (TPSA) is 61.0 Å². The zero-order valence-corrected chi connectivity index (χ0v) is 7.82. The number of nitrogen functional groups attached to an aromatic ring is 1. The van der Waals surface area contributed by atoms with Crippen LogP contribution in [-0.2, 0) is 0 Å². The van der Waals surface area contributed by atoms with Gasteiger partial charge in [0.15, 0.2) is 5.75 Å². The Morgan fingerprint density at radius 1 is 1.25 bits per heavy atom. The van der Waals surface area contributed by atoms with Gasteiger partial charge in [-0.3, -0.25) is 4.98 Å². The Morgan fingerprint density at radius 2 is 2.00 bits per heavy atom. The highest BCUT2D eigenvalue weighted by Crippen LogP contribution is 2.28. The van der Waals surface area contributed by atoms with Crippen LogP contribution < -0.4 is 10.5 Å². The van der Waals surface area contributed by atoms with E-state index < -0.39 is 12.1 Å². The number of fused-ring (bicyclic) bond motifs is 1. The number of para-hydroxylation sites is 1. The molecule has 0 radical (unpaired) electrons. The summed E-state index contributed by atoms with van der Waals surface area (Å²) in [6.45, 7) is 0. The fraction of sp³-hybridized carbons (Fsp3) is 0.111. The maximum Gasteiger partial charge on any atom is 0.573 e.